The van der Waals surface area contributed by atoms with Crippen molar-refractivity contribution in [2.45, 2.75) is 39.0 Å². The first kappa shape index (κ1) is 17.0. The Bertz CT molecular complexity index is 631. The zero-order valence-electron chi connectivity index (χ0n) is 14.3. The van der Waals surface area contributed by atoms with E-state index in [1.807, 2.05) is 19.1 Å². The number of β-amino-alcohol motifs (C(OH)–C–C–N with tert-alkyl or cyclic N) is 1. The molecule has 3 heterocycles. The summed E-state index contributed by atoms with van der Waals surface area (Å²) in [5, 5.41) is 13.7. The van der Waals surface area contributed by atoms with Gasteiger partial charge in [-0.05, 0) is 25.5 Å². The van der Waals surface area contributed by atoms with E-state index in [0.717, 1.165) is 38.2 Å². The van der Waals surface area contributed by atoms with Gasteiger partial charge in [-0.3, -0.25) is 14.8 Å². The van der Waals surface area contributed by atoms with Crippen molar-refractivity contribution in [1.82, 2.24) is 24.9 Å². The van der Waals surface area contributed by atoms with E-state index >= 15 is 0 Å². The van der Waals surface area contributed by atoms with Crippen LogP contribution in [0.4, 0.5) is 0 Å². The molecule has 3 rings (SSSR count). The van der Waals surface area contributed by atoms with Crippen molar-refractivity contribution in [1.29, 1.82) is 0 Å². The first-order chi connectivity index (χ1) is 11.7. The van der Waals surface area contributed by atoms with Crippen LogP contribution in [0.1, 0.15) is 26.2 Å². The molecule has 1 aliphatic heterocycles. The third kappa shape index (κ3) is 4.17. The second kappa shape index (κ2) is 7.83. The molecule has 0 spiro atoms. The molecule has 0 bridgehead atoms. The van der Waals surface area contributed by atoms with E-state index in [1.54, 1.807) is 12.4 Å². The Morgan fingerprint density at radius 3 is 3.00 bits per heavy atom. The smallest absolute Gasteiger partial charge is 0.241 e. The molecule has 2 aromatic rings. The molecule has 1 saturated heterocycles. The summed E-state index contributed by atoms with van der Waals surface area (Å²) in [7, 11) is 0. The Morgan fingerprint density at radius 2 is 2.29 bits per heavy atom. The topological polar surface area (TPSA) is 78.5 Å². The predicted octanol–water partition coefficient (Wildman–Crippen LogP) is 1.41. The molecular formula is C17H25N5O2. The normalized spacial score (nSPS) is 21.0. The lowest BCUT2D eigenvalue weighted by Crippen LogP contribution is -2.54. The summed E-state index contributed by atoms with van der Waals surface area (Å²) in [6.07, 6.45) is 4.23. The fraction of sp³-hybridized carbons (Fsp3) is 0.588. The fourth-order valence-corrected chi connectivity index (χ4v) is 3.19. The Labute approximate surface area is 142 Å². The number of hydrogen-bond acceptors (Lipinski definition) is 7. The summed E-state index contributed by atoms with van der Waals surface area (Å²) >= 11 is 0. The van der Waals surface area contributed by atoms with Gasteiger partial charge in [-0.2, -0.15) is 4.98 Å². The highest BCUT2D eigenvalue weighted by Crippen LogP contribution is 2.18. The first-order valence-electron chi connectivity index (χ1n) is 8.53. The van der Waals surface area contributed by atoms with E-state index in [9.17, 15) is 5.11 Å². The lowest BCUT2D eigenvalue weighted by molar-refractivity contribution is 0.0302. The van der Waals surface area contributed by atoms with Crippen LogP contribution in [0.2, 0.25) is 0 Å². The number of hydrogen-bond donors (Lipinski definition) is 1. The molecule has 1 fully saturated rings. The largest absolute Gasteiger partial charge is 0.392 e. The van der Waals surface area contributed by atoms with Crippen molar-refractivity contribution in [3.05, 3.63) is 30.4 Å². The highest BCUT2D eigenvalue weighted by atomic mass is 16.5. The van der Waals surface area contributed by atoms with Gasteiger partial charge in [0, 0.05) is 50.2 Å². The molecule has 7 nitrogen and oxygen atoms in total. The minimum absolute atomic E-state index is 0.288. The lowest BCUT2D eigenvalue weighted by atomic mass is 10.1. The van der Waals surface area contributed by atoms with E-state index in [-0.39, 0.29) is 6.10 Å². The van der Waals surface area contributed by atoms with Crippen LogP contribution in [0.25, 0.3) is 11.4 Å². The van der Waals surface area contributed by atoms with Crippen molar-refractivity contribution in [2.75, 3.05) is 26.2 Å². The molecule has 1 aliphatic rings. The minimum atomic E-state index is -0.288. The maximum Gasteiger partial charge on any atom is 0.241 e. The number of aromatic nitrogens is 3. The average Bonchev–Trinajstić information content (AvgIpc) is 3.05. The SMILES string of the molecule is CCC1CN(Cc2nc(-c3cccnc3)no2)CCN1CC(C)O. The Morgan fingerprint density at radius 1 is 1.42 bits per heavy atom. The maximum atomic E-state index is 9.64. The van der Waals surface area contributed by atoms with E-state index < -0.39 is 0 Å². The molecule has 2 atom stereocenters. The van der Waals surface area contributed by atoms with E-state index in [1.165, 1.54) is 0 Å². The predicted molar refractivity (Wildman–Crippen MR) is 90.1 cm³/mol. The van der Waals surface area contributed by atoms with E-state index in [0.29, 0.717) is 24.3 Å². The molecule has 0 saturated carbocycles. The molecule has 7 heteroatoms. The number of pyridine rings is 1. The van der Waals surface area contributed by atoms with Crippen LogP contribution < -0.4 is 0 Å². The minimum Gasteiger partial charge on any atom is -0.392 e. The first-order valence-corrected chi connectivity index (χ1v) is 8.53. The van der Waals surface area contributed by atoms with E-state index in [2.05, 4.69) is 31.8 Å². The molecule has 2 aromatic heterocycles. The van der Waals surface area contributed by atoms with Gasteiger partial charge in [0.15, 0.2) is 0 Å². The van der Waals surface area contributed by atoms with Crippen LogP contribution in [0.15, 0.2) is 29.0 Å². The van der Waals surface area contributed by atoms with Gasteiger partial charge < -0.3 is 9.63 Å². The summed E-state index contributed by atoms with van der Waals surface area (Å²) in [5.41, 5.74) is 0.862. The van der Waals surface area contributed by atoms with Crippen molar-refractivity contribution in [3.63, 3.8) is 0 Å². The number of rotatable bonds is 6. The molecule has 0 radical (unpaired) electrons. The average molecular weight is 331 g/mol. The second-order valence-electron chi connectivity index (χ2n) is 6.39. The Hall–Kier alpha value is -1.83. The number of piperazine rings is 1. The second-order valence-corrected chi connectivity index (χ2v) is 6.39. The quantitative estimate of drug-likeness (QED) is 0.857. The summed E-state index contributed by atoms with van der Waals surface area (Å²) in [6, 6.07) is 4.23. The number of nitrogens with zero attached hydrogens (tertiary/aromatic N) is 5. The molecule has 0 amide bonds. The standard InChI is InChI=1S/C17H25N5O2/c1-3-15-11-21(7-8-22(15)10-13(2)23)12-16-19-17(20-24-16)14-5-4-6-18-9-14/h4-6,9,13,15,23H,3,7-8,10-12H2,1-2H3. The molecule has 0 aromatic carbocycles. The highest BCUT2D eigenvalue weighted by molar-refractivity contribution is 5.51. The third-order valence-corrected chi connectivity index (χ3v) is 4.41. The molecular weight excluding hydrogens is 306 g/mol. The van der Waals surface area contributed by atoms with Crippen molar-refractivity contribution < 1.29 is 9.63 Å². The van der Waals surface area contributed by atoms with Crippen molar-refractivity contribution >= 4 is 0 Å². The fourth-order valence-electron chi connectivity index (χ4n) is 3.19. The Balaban J connectivity index is 1.60. The molecule has 0 aliphatic carbocycles. The van der Waals surface area contributed by atoms with Crippen LogP contribution in [-0.2, 0) is 6.54 Å². The monoisotopic (exact) mass is 331 g/mol. The van der Waals surface area contributed by atoms with Crippen LogP contribution in [-0.4, -0.2) is 68.4 Å². The summed E-state index contributed by atoms with van der Waals surface area (Å²) in [5.74, 6) is 1.21. The summed E-state index contributed by atoms with van der Waals surface area (Å²) in [6.45, 7) is 8.27. The van der Waals surface area contributed by atoms with Gasteiger partial charge in [0.1, 0.15) is 0 Å². The van der Waals surface area contributed by atoms with E-state index in [4.69, 9.17) is 4.52 Å². The lowest BCUT2D eigenvalue weighted by Gasteiger charge is -2.41. The zero-order valence-corrected chi connectivity index (χ0v) is 14.3. The van der Waals surface area contributed by atoms with Gasteiger partial charge in [0.25, 0.3) is 0 Å². The number of aliphatic hydroxyl groups is 1. The number of aliphatic hydroxyl groups excluding tert-OH is 1. The third-order valence-electron chi connectivity index (χ3n) is 4.41. The maximum absolute atomic E-state index is 9.64. The van der Waals surface area contributed by atoms with Crippen LogP contribution in [0.3, 0.4) is 0 Å². The van der Waals surface area contributed by atoms with Crippen LogP contribution in [0, 0.1) is 0 Å². The molecule has 1 N–H and O–H groups in total. The van der Waals surface area contributed by atoms with Gasteiger partial charge in [0.2, 0.25) is 11.7 Å². The van der Waals surface area contributed by atoms with Gasteiger partial charge in [-0.25, -0.2) is 0 Å². The van der Waals surface area contributed by atoms with Gasteiger partial charge in [0.05, 0.1) is 12.6 Å². The summed E-state index contributed by atoms with van der Waals surface area (Å²) < 4.78 is 5.40. The zero-order chi connectivity index (χ0) is 16.9. The molecule has 2 unspecified atom stereocenters. The molecule has 24 heavy (non-hydrogen) atoms. The van der Waals surface area contributed by atoms with Gasteiger partial charge in [-0.1, -0.05) is 12.1 Å². The Kier molecular flexibility index (Phi) is 5.55. The van der Waals surface area contributed by atoms with Gasteiger partial charge >= 0.3 is 0 Å². The van der Waals surface area contributed by atoms with Gasteiger partial charge in [-0.15, -0.1) is 0 Å². The van der Waals surface area contributed by atoms with Crippen LogP contribution >= 0.6 is 0 Å². The molecule has 130 valence electrons. The van der Waals surface area contributed by atoms with Crippen molar-refractivity contribution in [3.8, 4) is 11.4 Å². The van der Waals surface area contributed by atoms with Crippen molar-refractivity contribution in [2.24, 2.45) is 0 Å². The summed E-state index contributed by atoms with van der Waals surface area (Å²) in [4.78, 5) is 13.3. The highest BCUT2D eigenvalue weighted by Gasteiger charge is 2.27. The van der Waals surface area contributed by atoms with Crippen LogP contribution in [0.5, 0.6) is 0 Å².